The van der Waals surface area contributed by atoms with E-state index in [1.807, 2.05) is 0 Å². The van der Waals surface area contributed by atoms with Gasteiger partial charge in [0.05, 0.1) is 13.7 Å². The summed E-state index contributed by atoms with van der Waals surface area (Å²) in [6, 6.07) is 0. The fraction of sp³-hybridized carbons (Fsp3) is 0.571. The molecule has 0 aliphatic carbocycles. The van der Waals surface area contributed by atoms with Crippen LogP contribution in [0.25, 0.3) is 0 Å². The van der Waals surface area contributed by atoms with Crippen LogP contribution in [0.15, 0.2) is 6.20 Å². The Balaban J connectivity index is 0. The molecule has 9 nitrogen and oxygen atoms in total. The molecule has 1 aromatic heterocycles. The topological polar surface area (TPSA) is 133 Å². The maximum absolute atomic E-state index is 10.7. The monoisotopic (exact) mass is 343 g/mol. The van der Waals surface area contributed by atoms with Crippen molar-refractivity contribution in [1.29, 1.82) is 0 Å². The van der Waals surface area contributed by atoms with Crippen LogP contribution in [0.1, 0.15) is 5.82 Å². The Bertz CT molecular complexity index is 495. The molecule has 1 heterocycles. The van der Waals surface area contributed by atoms with E-state index in [0.717, 1.165) is 10.8 Å². The van der Waals surface area contributed by atoms with E-state index in [9.17, 15) is 24.5 Å². The summed E-state index contributed by atoms with van der Waals surface area (Å²) in [6.45, 7) is 1.24. The van der Waals surface area contributed by atoms with Gasteiger partial charge in [0.25, 0.3) is 0 Å². The zero-order valence-corrected chi connectivity index (χ0v) is 16.8. The van der Waals surface area contributed by atoms with E-state index in [1.165, 1.54) is 6.92 Å². The molecule has 0 N–H and O–H groups in total. The Morgan fingerprint density at radius 2 is 2.10 bits per heavy atom. The zero-order valence-electron chi connectivity index (χ0n) is 11.2. The van der Waals surface area contributed by atoms with Crippen LogP contribution in [-0.4, -0.2) is 26.5 Å². The summed E-state index contributed by atoms with van der Waals surface area (Å²) >= 11 is 5.45. The largest absolute Gasteiger partial charge is 1.00 e. The summed E-state index contributed by atoms with van der Waals surface area (Å²) in [7, 11) is -5.20. The van der Waals surface area contributed by atoms with Gasteiger partial charge in [0.2, 0.25) is 0 Å². The number of phosphoric ester groups is 1. The van der Waals surface area contributed by atoms with Crippen molar-refractivity contribution in [3.05, 3.63) is 22.1 Å². The molecule has 0 aliphatic rings. The molecule has 1 aromatic rings. The molecule has 102 valence electrons. The summed E-state index contributed by atoms with van der Waals surface area (Å²) in [5, 5.41) is 10.7. The van der Waals surface area contributed by atoms with E-state index in [0.29, 0.717) is 0 Å². The molecule has 0 saturated heterocycles. The standard InChI is InChI=1S/C7H11ClN3O6P.2Na/c1-5-9-3-7(11(12)13)10(5)4-6(2-8)17-18(14,15)16;;/h3,6H,2,4H2,1H3,(H2,14,15,16);;/q;2*+1/p-2/t6-;;/m1../s1. The smallest absolute Gasteiger partial charge is 0.790 e. The molecule has 0 saturated carbocycles. The number of aromatic nitrogens is 2. The van der Waals surface area contributed by atoms with Crippen molar-refractivity contribution in [1.82, 2.24) is 9.55 Å². The Morgan fingerprint density at radius 3 is 2.50 bits per heavy atom. The minimum absolute atomic E-state index is 0. The molecule has 0 amide bonds. The number of nitrogens with zero attached hydrogens (tertiary/aromatic N) is 3. The first-order chi connectivity index (χ1) is 8.24. The second kappa shape index (κ2) is 9.91. The average molecular weight is 344 g/mol. The molecule has 1 rings (SSSR count). The van der Waals surface area contributed by atoms with Crippen molar-refractivity contribution in [2.24, 2.45) is 0 Å². The number of hydrogen-bond donors (Lipinski definition) is 0. The third-order valence-electron chi connectivity index (χ3n) is 2.06. The molecule has 13 heteroatoms. The molecule has 0 aromatic carbocycles. The first-order valence-electron chi connectivity index (χ1n) is 4.67. The first kappa shape index (κ1) is 23.3. The van der Waals surface area contributed by atoms with Gasteiger partial charge in [0.1, 0.15) is 18.8 Å². The van der Waals surface area contributed by atoms with E-state index in [2.05, 4.69) is 9.51 Å². The first-order valence-corrected chi connectivity index (χ1v) is 6.67. The van der Waals surface area contributed by atoms with Crippen LogP contribution in [0, 0.1) is 17.0 Å². The number of phosphoric acid groups is 1. The number of imidazole rings is 1. The average Bonchev–Trinajstić information content (AvgIpc) is 2.57. The number of halogens is 1. The quantitative estimate of drug-likeness (QED) is 0.165. The Morgan fingerprint density at radius 1 is 1.55 bits per heavy atom. The molecule has 1 atom stereocenters. The van der Waals surface area contributed by atoms with Crippen LogP contribution >= 0.6 is 19.4 Å². The molecular weight excluding hydrogens is 334 g/mol. The van der Waals surface area contributed by atoms with Gasteiger partial charge < -0.3 is 29.0 Å². The van der Waals surface area contributed by atoms with Gasteiger partial charge >= 0.3 is 64.9 Å². The van der Waals surface area contributed by atoms with E-state index in [-0.39, 0.29) is 83.2 Å². The molecule has 0 aliphatic heterocycles. The summed E-state index contributed by atoms with van der Waals surface area (Å²) in [5.41, 5.74) is 0. The molecule has 0 spiro atoms. The molecule has 0 unspecified atom stereocenters. The van der Waals surface area contributed by atoms with Gasteiger partial charge in [-0.1, -0.05) is 0 Å². The summed E-state index contributed by atoms with van der Waals surface area (Å²) in [6.07, 6.45) is -0.159. The maximum atomic E-state index is 10.7. The molecular formula is C7H9ClN3Na2O6P. The molecule has 20 heavy (non-hydrogen) atoms. The Labute approximate surface area is 164 Å². The number of alkyl halides is 1. The third kappa shape index (κ3) is 7.33. The summed E-state index contributed by atoms with van der Waals surface area (Å²) in [5.74, 6) is -0.353. The SMILES string of the molecule is Cc1ncc([N+](=O)[O-])n1C[C@@H](CCl)OP(=O)([O-])[O-].[Na+].[Na+]. The van der Waals surface area contributed by atoms with Crippen LogP contribution in [0.2, 0.25) is 0 Å². The van der Waals surface area contributed by atoms with Gasteiger partial charge in [-0.05, 0) is 4.92 Å². The van der Waals surface area contributed by atoms with Crippen molar-refractivity contribution >= 4 is 25.2 Å². The van der Waals surface area contributed by atoms with E-state index < -0.39 is 18.8 Å². The van der Waals surface area contributed by atoms with Crippen LogP contribution in [0.5, 0.6) is 0 Å². The van der Waals surface area contributed by atoms with Crippen molar-refractivity contribution in [3.8, 4) is 0 Å². The van der Waals surface area contributed by atoms with Crippen molar-refractivity contribution in [2.75, 3.05) is 5.88 Å². The maximum Gasteiger partial charge on any atom is 1.00 e. The van der Waals surface area contributed by atoms with Gasteiger partial charge in [-0.2, -0.15) is 0 Å². The van der Waals surface area contributed by atoms with Gasteiger partial charge in [-0.25, -0.2) is 9.55 Å². The van der Waals surface area contributed by atoms with Crippen molar-refractivity contribution < 1.29 is 82.9 Å². The second-order valence-electron chi connectivity index (χ2n) is 3.36. The van der Waals surface area contributed by atoms with Gasteiger partial charge in [-0.15, -0.1) is 11.6 Å². The second-order valence-corrected chi connectivity index (χ2v) is 4.77. The van der Waals surface area contributed by atoms with Crippen LogP contribution < -0.4 is 68.9 Å². The fourth-order valence-corrected chi connectivity index (χ4v) is 2.08. The fourth-order valence-electron chi connectivity index (χ4n) is 1.32. The Hall–Kier alpha value is 1.01. The number of nitro groups is 1. The van der Waals surface area contributed by atoms with Gasteiger partial charge in [-0.3, -0.25) is 0 Å². The molecule has 0 bridgehead atoms. The minimum Gasteiger partial charge on any atom is -0.790 e. The van der Waals surface area contributed by atoms with Crippen molar-refractivity contribution in [3.63, 3.8) is 0 Å². The Kier molecular flexibility index (Phi) is 11.5. The minimum atomic E-state index is -5.20. The predicted octanol–water partition coefficient (Wildman–Crippen LogP) is -6.44. The van der Waals surface area contributed by atoms with Crippen LogP contribution in [-0.2, 0) is 15.6 Å². The third-order valence-corrected chi connectivity index (χ3v) is 2.96. The zero-order chi connectivity index (χ0) is 13.9. The molecule has 0 radical (unpaired) electrons. The normalized spacial score (nSPS) is 12.2. The van der Waals surface area contributed by atoms with Crippen LogP contribution in [0.3, 0.4) is 0 Å². The van der Waals surface area contributed by atoms with E-state index in [1.54, 1.807) is 0 Å². The van der Waals surface area contributed by atoms with Crippen molar-refractivity contribution in [2.45, 2.75) is 19.6 Å². The van der Waals surface area contributed by atoms with Crippen LogP contribution in [0.4, 0.5) is 5.82 Å². The number of hydrogen-bond acceptors (Lipinski definition) is 7. The van der Waals surface area contributed by atoms with E-state index in [4.69, 9.17) is 11.6 Å². The number of aryl methyl sites for hydroxylation is 1. The predicted molar refractivity (Wildman–Crippen MR) is 56.8 cm³/mol. The van der Waals surface area contributed by atoms with Gasteiger partial charge in [0.15, 0.2) is 5.82 Å². The van der Waals surface area contributed by atoms with E-state index >= 15 is 0 Å². The van der Waals surface area contributed by atoms with Gasteiger partial charge in [0, 0.05) is 6.92 Å². The number of rotatable bonds is 6. The summed E-state index contributed by atoms with van der Waals surface area (Å²) in [4.78, 5) is 34.7. The summed E-state index contributed by atoms with van der Waals surface area (Å²) < 4.78 is 15.8. The molecule has 0 fully saturated rings.